The molecule has 0 radical (unpaired) electrons. The van der Waals surface area contributed by atoms with Crippen LogP contribution < -0.4 is 0 Å². The number of rotatable bonds is 4. The summed E-state index contributed by atoms with van der Waals surface area (Å²) in [4.78, 5) is 14.7. The van der Waals surface area contributed by atoms with E-state index >= 15 is 0 Å². The highest BCUT2D eigenvalue weighted by Gasteiger charge is 2.50. The Morgan fingerprint density at radius 1 is 1.35 bits per heavy atom. The van der Waals surface area contributed by atoms with E-state index in [0.29, 0.717) is 13.2 Å². The second-order valence-electron chi connectivity index (χ2n) is 6.66. The molecule has 2 aliphatic rings. The molecule has 9 heteroatoms. The Kier molecular flexibility index (Phi) is 5.17. The van der Waals surface area contributed by atoms with Crippen LogP contribution in [0.15, 0.2) is 5.11 Å². The SMILES string of the molecule is COC(=O)[C@H](N=[N+]=[N-])[C@@H]1OC(C)(C)CO[C@H]1[C@H]1COC(C)(C)O1. The van der Waals surface area contributed by atoms with Crippen molar-refractivity contribution >= 4 is 5.97 Å². The van der Waals surface area contributed by atoms with Gasteiger partial charge < -0.3 is 23.7 Å². The fraction of sp³-hybridized carbons (Fsp3) is 0.929. The first-order valence-electron chi connectivity index (χ1n) is 7.42. The van der Waals surface area contributed by atoms with Gasteiger partial charge in [0, 0.05) is 4.91 Å². The highest BCUT2D eigenvalue weighted by Crippen LogP contribution is 2.34. The van der Waals surface area contributed by atoms with E-state index in [4.69, 9.17) is 29.2 Å². The zero-order valence-corrected chi connectivity index (χ0v) is 14.0. The van der Waals surface area contributed by atoms with Crippen molar-refractivity contribution in [3.63, 3.8) is 0 Å². The number of nitrogens with zero attached hydrogens (tertiary/aromatic N) is 3. The molecule has 0 aromatic carbocycles. The van der Waals surface area contributed by atoms with Gasteiger partial charge in [-0.3, -0.25) is 4.79 Å². The van der Waals surface area contributed by atoms with Crippen LogP contribution in [-0.4, -0.2) is 62.0 Å². The maximum absolute atomic E-state index is 12.0. The second kappa shape index (κ2) is 6.62. The van der Waals surface area contributed by atoms with Gasteiger partial charge >= 0.3 is 5.97 Å². The summed E-state index contributed by atoms with van der Waals surface area (Å²) in [6.45, 7) is 7.86. The molecule has 0 saturated carbocycles. The third kappa shape index (κ3) is 4.13. The van der Waals surface area contributed by atoms with Crippen molar-refractivity contribution in [3.8, 4) is 0 Å². The van der Waals surface area contributed by atoms with Crippen LogP contribution >= 0.6 is 0 Å². The van der Waals surface area contributed by atoms with Gasteiger partial charge in [0.25, 0.3) is 0 Å². The first kappa shape index (κ1) is 18.0. The fourth-order valence-electron chi connectivity index (χ4n) is 2.72. The third-order valence-corrected chi connectivity index (χ3v) is 3.73. The van der Waals surface area contributed by atoms with Gasteiger partial charge in [-0.2, -0.15) is 0 Å². The summed E-state index contributed by atoms with van der Waals surface area (Å²) in [5.74, 6) is -1.43. The van der Waals surface area contributed by atoms with Crippen LogP contribution in [0.1, 0.15) is 27.7 Å². The minimum Gasteiger partial charge on any atom is -0.469 e. The standard InChI is InChI=1S/C14H23N3O6/c1-13(2)7-20-10(8-6-21-14(3,4)22-8)11(23-13)9(16-17-15)12(18)19-5/h8-11H,6-7H2,1-5H3/t8-,9-,10+,11+/m1/s1. The van der Waals surface area contributed by atoms with Crippen LogP contribution in [0, 0.1) is 0 Å². The molecule has 130 valence electrons. The van der Waals surface area contributed by atoms with E-state index in [1.807, 2.05) is 13.8 Å². The Morgan fingerprint density at radius 3 is 2.57 bits per heavy atom. The molecule has 2 fully saturated rings. The molecule has 23 heavy (non-hydrogen) atoms. The summed E-state index contributed by atoms with van der Waals surface area (Å²) in [5.41, 5.74) is 8.14. The minimum atomic E-state index is -1.16. The molecule has 0 unspecified atom stereocenters. The fourth-order valence-corrected chi connectivity index (χ4v) is 2.72. The number of hydrogen-bond donors (Lipinski definition) is 0. The minimum absolute atomic E-state index is 0.294. The molecule has 2 rings (SSSR count). The number of ether oxygens (including phenoxy) is 5. The number of carbonyl (C=O) groups excluding carboxylic acids is 1. The maximum Gasteiger partial charge on any atom is 0.317 e. The molecular weight excluding hydrogens is 306 g/mol. The number of azide groups is 1. The molecule has 0 aliphatic carbocycles. The molecule has 9 nitrogen and oxygen atoms in total. The van der Waals surface area contributed by atoms with Crippen molar-refractivity contribution < 1.29 is 28.5 Å². The van der Waals surface area contributed by atoms with Crippen molar-refractivity contribution in [2.24, 2.45) is 5.11 Å². The predicted octanol–water partition coefficient (Wildman–Crippen LogP) is 1.55. The molecule has 0 bridgehead atoms. The van der Waals surface area contributed by atoms with Crippen LogP contribution in [0.5, 0.6) is 0 Å². The van der Waals surface area contributed by atoms with E-state index in [9.17, 15) is 4.79 Å². The van der Waals surface area contributed by atoms with Crippen molar-refractivity contribution in [1.29, 1.82) is 0 Å². The summed E-state index contributed by atoms with van der Waals surface area (Å²) >= 11 is 0. The molecule has 2 aliphatic heterocycles. The van der Waals surface area contributed by atoms with E-state index in [1.165, 1.54) is 7.11 Å². The molecule has 2 saturated heterocycles. The van der Waals surface area contributed by atoms with Gasteiger partial charge in [-0.05, 0) is 33.2 Å². The van der Waals surface area contributed by atoms with Gasteiger partial charge in [-0.25, -0.2) is 0 Å². The van der Waals surface area contributed by atoms with Crippen molar-refractivity contribution in [2.45, 2.75) is 63.4 Å². The Balaban J connectivity index is 2.28. The summed E-state index contributed by atoms with van der Waals surface area (Å²) in [6.07, 6.45) is -1.88. The molecule has 0 aromatic heterocycles. The average molecular weight is 329 g/mol. The highest BCUT2D eigenvalue weighted by atomic mass is 16.8. The summed E-state index contributed by atoms with van der Waals surface area (Å²) in [5, 5.41) is 3.55. The smallest absolute Gasteiger partial charge is 0.317 e. The Hall–Kier alpha value is -1.38. The molecule has 0 spiro atoms. The van der Waals surface area contributed by atoms with Crippen molar-refractivity contribution in [1.82, 2.24) is 0 Å². The third-order valence-electron chi connectivity index (χ3n) is 3.73. The number of hydrogen-bond acceptors (Lipinski definition) is 7. The van der Waals surface area contributed by atoms with Crippen LogP contribution in [-0.2, 0) is 28.5 Å². The molecule has 0 aromatic rings. The lowest BCUT2D eigenvalue weighted by Gasteiger charge is -2.44. The molecule has 0 amide bonds. The zero-order valence-electron chi connectivity index (χ0n) is 14.0. The highest BCUT2D eigenvalue weighted by molar-refractivity contribution is 5.76. The van der Waals surface area contributed by atoms with Crippen LogP contribution in [0.4, 0.5) is 0 Å². The van der Waals surface area contributed by atoms with Crippen molar-refractivity contribution in [2.75, 3.05) is 20.3 Å². The number of esters is 1. The van der Waals surface area contributed by atoms with Gasteiger partial charge in [-0.15, -0.1) is 0 Å². The normalized spacial score (nSPS) is 33.5. The zero-order chi connectivity index (χ0) is 17.3. The van der Waals surface area contributed by atoms with Crippen LogP contribution in [0.3, 0.4) is 0 Å². The first-order chi connectivity index (χ1) is 10.7. The van der Waals surface area contributed by atoms with E-state index < -0.39 is 41.7 Å². The second-order valence-corrected chi connectivity index (χ2v) is 6.66. The lowest BCUT2D eigenvalue weighted by atomic mass is 9.97. The summed E-state index contributed by atoms with van der Waals surface area (Å²) in [7, 11) is 1.23. The number of carbonyl (C=O) groups is 1. The van der Waals surface area contributed by atoms with E-state index in [-0.39, 0.29) is 0 Å². The lowest BCUT2D eigenvalue weighted by molar-refractivity contribution is -0.253. The van der Waals surface area contributed by atoms with Crippen LogP contribution in [0.2, 0.25) is 0 Å². The van der Waals surface area contributed by atoms with Crippen LogP contribution in [0.25, 0.3) is 10.4 Å². The number of methoxy groups -OCH3 is 1. The van der Waals surface area contributed by atoms with Gasteiger partial charge in [0.1, 0.15) is 18.3 Å². The van der Waals surface area contributed by atoms with E-state index in [2.05, 4.69) is 10.0 Å². The molecular formula is C14H23N3O6. The lowest BCUT2D eigenvalue weighted by Crippen LogP contribution is -2.59. The van der Waals surface area contributed by atoms with E-state index in [1.54, 1.807) is 13.8 Å². The van der Waals surface area contributed by atoms with Gasteiger partial charge in [-0.1, -0.05) is 5.11 Å². The van der Waals surface area contributed by atoms with E-state index in [0.717, 1.165) is 0 Å². The predicted molar refractivity (Wildman–Crippen MR) is 78.5 cm³/mol. The van der Waals surface area contributed by atoms with Gasteiger partial charge in [0.15, 0.2) is 11.8 Å². The summed E-state index contributed by atoms with van der Waals surface area (Å²) < 4.78 is 28.0. The Labute approximate surface area is 134 Å². The molecule has 2 heterocycles. The van der Waals surface area contributed by atoms with Gasteiger partial charge in [0.2, 0.25) is 0 Å². The largest absolute Gasteiger partial charge is 0.469 e. The Morgan fingerprint density at radius 2 is 2.04 bits per heavy atom. The topological polar surface area (TPSA) is 112 Å². The summed E-state index contributed by atoms with van der Waals surface area (Å²) in [6, 6.07) is -1.16. The molecule has 0 N–H and O–H groups in total. The van der Waals surface area contributed by atoms with Gasteiger partial charge in [0.05, 0.1) is 25.9 Å². The Bertz CT molecular complexity index is 503. The quantitative estimate of drug-likeness (QED) is 0.335. The monoisotopic (exact) mass is 329 g/mol. The van der Waals surface area contributed by atoms with Crippen molar-refractivity contribution in [3.05, 3.63) is 10.4 Å². The maximum atomic E-state index is 12.0. The molecule has 4 atom stereocenters. The average Bonchev–Trinajstić information content (AvgIpc) is 2.83. The first-order valence-corrected chi connectivity index (χ1v) is 7.42.